The van der Waals surface area contributed by atoms with Gasteiger partial charge in [-0.2, -0.15) is 4.98 Å². The lowest BCUT2D eigenvalue weighted by Gasteiger charge is -2.23. The number of hydrogen-bond donors (Lipinski definition) is 1. The summed E-state index contributed by atoms with van der Waals surface area (Å²) in [6.45, 7) is 2.97. The Hall–Kier alpha value is -2.88. The molecular weight excluding hydrogens is 296 g/mol. The van der Waals surface area contributed by atoms with Crippen LogP contribution in [-0.4, -0.2) is 16.0 Å². The highest BCUT2D eigenvalue weighted by Gasteiger charge is 2.28. The summed E-state index contributed by atoms with van der Waals surface area (Å²) in [5.41, 5.74) is 3.80. The summed E-state index contributed by atoms with van der Waals surface area (Å²) in [4.78, 5) is 11.4. The van der Waals surface area contributed by atoms with Crippen LogP contribution >= 0.6 is 0 Å². The fraction of sp³-hybridized carbons (Fsp3) is 0.200. The summed E-state index contributed by atoms with van der Waals surface area (Å²) in [7, 11) is 0. The van der Waals surface area contributed by atoms with Crippen LogP contribution in [-0.2, 0) is 13.0 Å². The van der Waals surface area contributed by atoms with Gasteiger partial charge in [-0.25, -0.2) is 4.98 Å². The number of anilines is 3. The third-order valence-corrected chi connectivity index (χ3v) is 4.38. The van der Waals surface area contributed by atoms with Crippen LogP contribution < -0.4 is 10.2 Å². The molecule has 0 saturated carbocycles. The third-order valence-electron chi connectivity index (χ3n) is 4.38. The summed E-state index contributed by atoms with van der Waals surface area (Å²) in [6, 6.07) is 21.1. The quantitative estimate of drug-likeness (QED) is 0.784. The van der Waals surface area contributed by atoms with Crippen molar-refractivity contribution in [1.82, 2.24) is 9.97 Å². The number of fused-ring (bicyclic) bond motifs is 1. The lowest BCUT2D eigenvalue weighted by Crippen LogP contribution is -2.26. The van der Waals surface area contributed by atoms with Crippen LogP contribution in [0.1, 0.15) is 18.1 Å². The van der Waals surface area contributed by atoms with Gasteiger partial charge in [0.25, 0.3) is 0 Å². The van der Waals surface area contributed by atoms with Crippen molar-refractivity contribution in [3.8, 4) is 0 Å². The maximum atomic E-state index is 4.72. The van der Waals surface area contributed by atoms with Gasteiger partial charge in [0, 0.05) is 24.5 Å². The molecule has 1 atom stereocenters. The molecule has 3 aromatic rings. The molecular formula is C20H20N4. The molecule has 120 valence electrons. The molecule has 0 spiro atoms. The van der Waals surface area contributed by atoms with Crippen LogP contribution in [0.5, 0.6) is 0 Å². The van der Waals surface area contributed by atoms with Gasteiger partial charge in [-0.05, 0) is 36.6 Å². The number of hydrogen-bond acceptors (Lipinski definition) is 4. The molecule has 4 rings (SSSR count). The molecule has 0 bridgehead atoms. The van der Waals surface area contributed by atoms with Crippen molar-refractivity contribution in [2.45, 2.75) is 25.9 Å². The Morgan fingerprint density at radius 1 is 1.04 bits per heavy atom. The minimum Gasteiger partial charge on any atom is -0.366 e. The Balaban J connectivity index is 1.57. The second-order valence-electron chi connectivity index (χ2n) is 6.13. The molecule has 1 aromatic heterocycles. The monoisotopic (exact) mass is 316 g/mol. The zero-order valence-corrected chi connectivity index (χ0v) is 13.7. The largest absolute Gasteiger partial charge is 0.366 e. The Morgan fingerprint density at radius 3 is 2.71 bits per heavy atom. The maximum absolute atomic E-state index is 4.72. The van der Waals surface area contributed by atoms with E-state index < -0.39 is 0 Å². The van der Waals surface area contributed by atoms with Crippen LogP contribution in [0.25, 0.3) is 0 Å². The molecule has 1 unspecified atom stereocenters. The molecule has 1 aliphatic rings. The first kappa shape index (κ1) is 14.7. The van der Waals surface area contributed by atoms with Crippen LogP contribution in [0.2, 0.25) is 0 Å². The van der Waals surface area contributed by atoms with Crippen molar-refractivity contribution in [1.29, 1.82) is 0 Å². The fourth-order valence-corrected chi connectivity index (χ4v) is 3.22. The van der Waals surface area contributed by atoms with Gasteiger partial charge in [-0.15, -0.1) is 0 Å². The molecule has 0 aliphatic carbocycles. The van der Waals surface area contributed by atoms with Crippen LogP contribution in [0.3, 0.4) is 0 Å². The van der Waals surface area contributed by atoms with Crippen molar-refractivity contribution in [3.05, 3.63) is 78.0 Å². The predicted molar refractivity (Wildman–Crippen MR) is 97.5 cm³/mol. The average Bonchev–Trinajstić information content (AvgIpc) is 2.97. The first-order chi connectivity index (χ1) is 11.8. The first-order valence-corrected chi connectivity index (χ1v) is 8.29. The molecule has 0 saturated heterocycles. The number of para-hydroxylation sites is 1. The molecule has 2 aromatic carbocycles. The molecule has 2 heterocycles. The number of rotatable bonds is 4. The van der Waals surface area contributed by atoms with Gasteiger partial charge in [-0.3, -0.25) is 0 Å². The normalized spacial score (nSPS) is 16.0. The van der Waals surface area contributed by atoms with Gasteiger partial charge in [0.2, 0.25) is 5.95 Å². The number of benzene rings is 2. The molecule has 4 nitrogen and oxygen atoms in total. The molecule has 1 N–H and O–H groups in total. The lowest BCUT2D eigenvalue weighted by atomic mass is 10.1. The number of nitrogens with zero attached hydrogens (tertiary/aromatic N) is 3. The standard InChI is InChI=1S/C20H20N4/c1-15-13-17-9-5-6-10-18(17)24(15)20-21-12-11-19(23-20)22-14-16-7-3-2-4-8-16/h2-12,15H,13-14H2,1H3,(H,21,22,23). The van der Waals surface area contributed by atoms with Gasteiger partial charge in [-0.1, -0.05) is 48.5 Å². The number of aromatic nitrogens is 2. The van der Waals surface area contributed by atoms with Gasteiger partial charge in [0.15, 0.2) is 0 Å². The molecule has 1 aliphatic heterocycles. The highest BCUT2D eigenvalue weighted by atomic mass is 15.3. The van der Waals surface area contributed by atoms with Crippen molar-refractivity contribution in [2.75, 3.05) is 10.2 Å². The Morgan fingerprint density at radius 2 is 1.83 bits per heavy atom. The summed E-state index contributed by atoms with van der Waals surface area (Å²) >= 11 is 0. The van der Waals surface area contributed by atoms with Crippen molar-refractivity contribution >= 4 is 17.5 Å². The Kier molecular flexibility index (Phi) is 3.87. The molecule has 4 heteroatoms. The van der Waals surface area contributed by atoms with E-state index in [4.69, 9.17) is 4.98 Å². The van der Waals surface area contributed by atoms with Crippen molar-refractivity contribution in [2.24, 2.45) is 0 Å². The van der Waals surface area contributed by atoms with E-state index in [-0.39, 0.29) is 0 Å². The highest BCUT2D eigenvalue weighted by molar-refractivity contribution is 5.67. The smallest absolute Gasteiger partial charge is 0.232 e. The lowest BCUT2D eigenvalue weighted by molar-refractivity contribution is 0.740. The highest BCUT2D eigenvalue weighted by Crippen LogP contribution is 2.36. The van der Waals surface area contributed by atoms with E-state index in [0.29, 0.717) is 6.04 Å². The van der Waals surface area contributed by atoms with Gasteiger partial charge in [0.1, 0.15) is 5.82 Å². The van der Waals surface area contributed by atoms with Crippen molar-refractivity contribution in [3.63, 3.8) is 0 Å². The summed E-state index contributed by atoms with van der Waals surface area (Å²) < 4.78 is 0. The van der Waals surface area contributed by atoms with E-state index in [1.807, 2.05) is 30.5 Å². The minimum atomic E-state index is 0.367. The topological polar surface area (TPSA) is 41.1 Å². The maximum Gasteiger partial charge on any atom is 0.232 e. The summed E-state index contributed by atoms with van der Waals surface area (Å²) in [6.07, 6.45) is 2.85. The molecule has 0 amide bonds. The molecule has 0 fully saturated rings. The summed E-state index contributed by atoms with van der Waals surface area (Å²) in [5, 5.41) is 3.39. The van der Waals surface area contributed by atoms with E-state index in [0.717, 1.165) is 24.7 Å². The minimum absolute atomic E-state index is 0.367. The average molecular weight is 316 g/mol. The molecule has 0 radical (unpaired) electrons. The van der Waals surface area contributed by atoms with E-state index in [1.165, 1.54) is 16.8 Å². The fourth-order valence-electron chi connectivity index (χ4n) is 3.22. The van der Waals surface area contributed by atoms with Gasteiger partial charge in [0.05, 0.1) is 0 Å². The zero-order chi connectivity index (χ0) is 16.4. The van der Waals surface area contributed by atoms with E-state index in [2.05, 4.69) is 58.5 Å². The zero-order valence-electron chi connectivity index (χ0n) is 13.7. The van der Waals surface area contributed by atoms with Crippen molar-refractivity contribution < 1.29 is 0 Å². The van der Waals surface area contributed by atoms with Gasteiger partial charge >= 0.3 is 0 Å². The Bertz CT molecular complexity index is 832. The van der Waals surface area contributed by atoms with E-state index in [9.17, 15) is 0 Å². The predicted octanol–water partition coefficient (Wildman–Crippen LogP) is 4.17. The SMILES string of the molecule is CC1Cc2ccccc2N1c1nccc(NCc2ccccc2)n1. The van der Waals surface area contributed by atoms with E-state index in [1.54, 1.807) is 0 Å². The third kappa shape index (κ3) is 2.83. The molecule has 24 heavy (non-hydrogen) atoms. The van der Waals surface area contributed by atoms with Crippen LogP contribution in [0.4, 0.5) is 17.5 Å². The van der Waals surface area contributed by atoms with Gasteiger partial charge < -0.3 is 10.2 Å². The Labute approximate surface area is 142 Å². The second kappa shape index (κ2) is 6.32. The van der Waals surface area contributed by atoms with Crippen LogP contribution in [0, 0.1) is 0 Å². The number of nitrogens with one attached hydrogen (secondary N) is 1. The summed E-state index contributed by atoms with van der Waals surface area (Å²) in [5.74, 6) is 1.60. The van der Waals surface area contributed by atoms with Crippen LogP contribution in [0.15, 0.2) is 66.9 Å². The van der Waals surface area contributed by atoms with E-state index >= 15 is 0 Å². The second-order valence-corrected chi connectivity index (χ2v) is 6.13. The first-order valence-electron chi connectivity index (χ1n) is 8.29.